The summed E-state index contributed by atoms with van der Waals surface area (Å²) < 4.78 is 5.60. The molecule has 0 saturated carbocycles. The van der Waals surface area contributed by atoms with E-state index in [1.54, 1.807) is 29.2 Å². The number of nitrogens with zero attached hydrogens (tertiary/aromatic N) is 1. The normalized spacial score (nSPS) is 17.2. The molecule has 1 fully saturated rings. The number of anilines is 1. The molecule has 1 saturated heterocycles. The molecule has 1 aliphatic heterocycles. The minimum absolute atomic E-state index is 0.0778. The van der Waals surface area contributed by atoms with Crippen LogP contribution in [0.4, 0.5) is 10.5 Å². The predicted molar refractivity (Wildman–Crippen MR) is 98.9 cm³/mol. The van der Waals surface area contributed by atoms with E-state index in [0.29, 0.717) is 43.2 Å². The zero-order chi connectivity index (χ0) is 18.1. The zero-order valence-corrected chi connectivity index (χ0v) is 15.3. The smallest absolute Gasteiger partial charge is 0.317 e. The Kier molecular flexibility index (Phi) is 8.01. The van der Waals surface area contributed by atoms with Gasteiger partial charge in [-0.25, -0.2) is 4.79 Å². The number of likely N-dealkylation sites (tertiary alicyclic amines) is 1. The molecule has 7 heteroatoms. The number of amides is 3. The van der Waals surface area contributed by atoms with Crippen molar-refractivity contribution in [2.75, 3.05) is 31.6 Å². The minimum Gasteiger partial charge on any atom is -0.377 e. The summed E-state index contributed by atoms with van der Waals surface area (Å²) in [6.07, 6.45) is 3.04. The molecule has 2 rings (SSSR count). The van der Waals surface area contributed by atoms with E-state index in [1.807, 2.05) is 6.92 Å². The summed E-state index contributed by atoms with van der Waals surface area (Å²) >= 11 is 5.81. The molecule has 1 heterocycles. The lowest BCUT2D eigenvalue weighted by Crippen LogP contribution is -2.48. The Hall–Kier alpha value is -1.79. The SMILES string of the molecule is CCOC1CCCN(C(=O)NCCCC(=O)Nc2ccc(Cl)cc2)C1. The topological polar surface area (TPSA) is 70.7 Å². The van der Waals surface area contributed by atoms with Gasteiger partial charge in [0.2, 0.25) is 5.91 Å². The zero-order valence-electron chi connectivity index (χ0n) is 14.6. The van der Waals surface area contributed by atoms with Gasteiger partial charge in [-0.05, 0) is 50.5 Å². The monoisotopic (exact) mass is 367 g/mol. The van der Waals surface area contributed by atoms with Crippen molar-refractivity contribution in [3.63, 3.8) is 0 Å². The Morgan fingerprint density at radius 2 is 2.08 bits per heavy atom. The van der Waals surface area contributed by atoms with E-state index < -0.39 is 0 Å². The lowest BCUT2D eigenvalue weighted by Gasteiger charge is -2.32. The largest absolute Gasteiger partial charge is 0.377 e. The summed E-state index contributed by atoms with van der Waals surface area (Å²) in [4.78, 5) is 25.8. The van der Waals surface area contributed by atoms with Gasteiger partial charge in [0, 0.05) is 43.4 Å². The molecule has 1 aromatic carbocycles. The van der Waals surface area contributed by atoms with Gasteiger partial charge < -0.3 is 20.3 Å². The van der Waals surface area contributed by atoms with Crippen LogP contribution in [-0.2, 0) is 9.53 Å². The van der Waals surface area contributed by atoms with Crippen LogP contribution < -0.4 is 10.6 Å². The number of ether oxygens (including phenoxy) is 1. The maximum Gasteiger partial charge on any atom is 0.317 e. The molecular weight excluding hydrogens is 342 g/mol. The summed E-state index contributed by atoms with van der Waals surface area (Å²) in [7, 11) is 0. The first-order valence-electron chi connectivity index (χ1n) is 8.78. The quantitative estimate of drug-likeness (QED) is 0.726. The van der Waals surface area contributed by atoms with Gasteiger partial charge in [0.05, 0.1) is 6.10 Å². The number of carbonyl (C=O) groups excluding carboxylic acids is 2. The van der Waals surface area contributed by atoms with Gasteiger partial charge in [0.25, 0.3) is 0 Å². The van der Waals surface area contributed by atoms with Gasteiger partial charge in [0.1, 0.15) is 0 Å². The van der Waals surface area contributed by atoms with Gasteiger partial charge in [-0.2, -0.15) is 0 Å². The first-order valence-corrected chi connectivity index (χ1v) is 9.16. The van der Waals surface area contributed by atoms with Gasteiger partial charge in [-0.3, -0.25) is 4.79 Å². The van der Waals surface area contributed by atoms with Crippen LogP contribution in [0.3, 0.4) is 0 Å². The van der Waals surface area contributed by atoms with E-state index in [1.165, 1.54) is 0 Å². The molecule has 2 N–H and O–H groups in total. The van der Waals surface area contributed by atoms with Crippen LogP contribution in [-0.4, -0.2) is 49.2 Å². The van der Waals surface area contributed by atoms with Crippen LogP contribution in [0, 0.1) is 0 Å². The number of nitrogens with one attached hydrogen (secondary N) is 2. The molecule has 6 nitrogen and oxygen atoms in total. The Bertz CT molecular complexity index is 563. The highest BCUT2D eigenvalue weighted by Gasteiger charge is 2.23. The van der Waals surface area contributed by atoms with Gasteiger partial charge in [0.15, 0.2) is 0 Å². The molecule has 0 aromatic heterocycles. The third kappa shape index (κ3) is 6.92. The number of benzene rings is 1. The van der Waals surface area contributed by atoms with Crippen LogP contribution in [0.1, 0.15) is 32.6 Å². The van der Waals surface area contributed by atoms with Gasteiger partial charge >= 0.3 is 6.03 Å². The fraction of sp³-hybridized carbons (Fsp3) is 0.556. The Labute approximate surface area is 153 Å². The highest BCUT2D eigenvalue weighted by molar-refractivity contribution is 6.30. The first kappa shape index (κ1) is 19.5. The van der Waals surface area contributed by atoms with Crippen molar-refractivity contribution in [3.8, 4) is 0 Å². The van der Waals surface area contributed by atoms with Crippen LogP contribution >= 0.6 is 11.6 Å². The van der Waals surface area contributed by atoms with Crippen LogP contribution in [0.25, 0.3) is 0 Å². The standard InChI is InChI=1S/C18H26ClN3O3/c1-2-25-16-5-4-12-22(13-16)18(24)20-11-3-6-17(23)21-15-9-7-14(19)8-10-15/h7-10,16H,2-6,11-13H2,1H3,(H,20,24)(H,21,23). The Balaban J connectivity index is 1.62. The number of piperidine rings is 1. The number of urea groups is 1. The molecule has 1 aromatic rings. The van der Waals surface area contributed by atoms with Crippen molar-refractivity contribution in [2.24, 2.45) is 0 Å². The average Bonchev–Trinajstić information content (AvgIpc) is 2.61. The molecule has 1 aliphatic rings. The molecule has 0 bridgehead atoms. The summed E-state index contributed by atoms with van der Waals surface area (Å²) in [5.41, 5.74) is 0.716. The van der Waals surface area contributed by atoms with E-state index >= 15 is 0 Å². The van der Waals surface area contributed by atoms with Crippen molar-refractivity contribution < 1.29 is 14.3 Å². The molecular formula is C18H26ClN3O3. The lowest BCUT2D eigenvalue weighted by molar-refractivity contribution is -0.116. The summed E-state index contributed by atoms with van der Waals surface area (Å²) in [6, 6.07) is 6.89. The van der Waals surface area contributed by atoms with Crippen LogP contribution in [0.5, 0.6) is 0 Å². The third-order valence-corrected chi connectivity index (χ3v) is 4.30. The van der Waals surface area contributed by atoms with Crippen molar-refractivity contribution >= 4 is 29.2 Å². The number of hydrogen-bond donors (Lipinski definition) is 2. The maximum absolute atomic E-state index is 12.2. The molecule has 1 atom stereocenters. The fourth-order valence-electron chi connectivity index (χ4n) is 2.81. The summed E-state index contributed by atoms with van der Waals surface area (Å²) in [5.74, 6) is -0.0778. The Morgan fingerprint density at radius 1 is 1.32 bits per heavy atom. The van der Waals surface area contributed by atoms with Gasteiger partial charge in [-0.1, -0.05) is 11.6 Å². The highest BCUT2D eigenvalue weighted by Crippen LogP contribution is 2.14. The molecule has 3 amide bonds. The van der Waals surface area contributed by atoms with E-state index in [0.717, 1.165) is 19.4 Å². The summed E-state index contributed by atoms with van der Waals surface area (Å²) in [6.45, 7) is 4.50. The third-order valence-electron chi connectivity index (χ3n) is 4.05. The molecule has 0 aliphatic carbocycles. The number of rotatable bonds is 7. The highest BCUT2D eigenvalue weighted by atomic mass is 35.5. The van der Waals surface area contributed by atoms with Crippen LogP contribution in [0.15, 0.2) is 24.3 Å². The van der Waals surface area contributed by atoms with E-state index in [-0.39, 0.29) is 18.0 Å². The molecule has 1 unspecified atom stereocenters. The van der Waals surface area contributed by atoms with E-state index in [4.69, 9.17) is 16.3 Å². The number of halogens is 1. The molecule has 25 heavy (non-hydrogen) atoms. The van der Waals surface area contributed by atoms with E-state index in [9.17, 15) is 9.59 Å². The van der Waals surface area contributed by atoms with Crippen molar-refractivity contribution in [1.29, 1.82) is 0 Å². The molecule has 138 valence electrons. The van der Waals surface area contributed by atoms with Gasteiger partial charge in [-0.15, -0.1) is 0 Å². The Morgan fingerprint density at radius 3 is 2.80 bits per heavy atom. The average molecular weight is 368 g/mol. The van der Waals surface area contributed by atoms with Crippen LogP contribution in [0.2, 0.25) is 5.02 Å². The molecule has 0 radical (unpaired) electrons. The van der Waals surface area contributed by atoms with Crippen molar-refractivity contribution in [1.82, 2.24) is 10.2 Å². The minimum atomic E-state index is -0.0810. The first-order chi connectivity index (χ1) is 12.1. The maximum atomic E-state index is 12.2. The lowest BCUT2D eigenvalue weighted by atomic mass is 10.1. The molecule has 0 spiro atoms. The second kappa shape index (κ2) is 10.3. The second-order valence-electron chi connectivity index (χ2n) is 6.06. The van der Waals surface area contributed by atoms with Crippen molar-refractivity contribution in [3.05, 3.63) is 29.3 Å². The number of carbonyl (C=O) groups is 2. The van der Waals surface area contributed by atoms with E-state index in [2.05, 4.69) is 10.6 Å². The van der Waals surface area contributed by atoms with Crippen molar-refractivity contribution in [2.45, 2.75) is 38.7 Å². The number of hydrogen-bond acceptors (Lipinski definition) is 3. The fourth-order valence-corrected chi connectivity index (χ4v) is 2.93. The summed E-state index contributed by atoms with van der Waals surface area (Å²) in [5, 5.41) is 6.31. The second-order valence-corrected chi connectivity index (χ2v) is 6.49. The predicted octanol–water partition coefficient (Wildman–Crippen LogP) is 3.27.